The van der Waals surface area contributed by atoms with Gasteiger partial charge in [-0.15, -0.1) is 11.3 Å². The Hall–Kier alpha value is -2.61. The second-order valence-electron chi connectivity index (χ2n) is 6.03. The Bertz CT molecular complexity index is 970. The number of para-hydroxylation sites is 1. The number of aryl methyl sites for hydroxylation is 1. The number of nitrogens with zero attached hydrogens (tertiary/aromatic N) is 3. The van der Waals surface area contributed by atoms with Crippen molar-refractivity contribution in [2.24, 2.45) is 0 Å². The van der Waals surface area contributed by atoms with E-state index in [2.05, 4.69) is 15.3 Å². The summed E-state index contributed by atoms with van der Waals surface area (Å²) in [5.41, 5.74) is -0.292. The van der Waals surface area contributed by atoms with Crippen LogP contribution in [0.25, 0.3) is 10.2 Å². The van der Waals surface area contributed by atoms with Crippen molar-refractivity contribution in [1.29, 1.82) is 0 Å². The molecule has 0 aliphatic carbocycles. The number of amides is 1. The van der Waals surface area contributed by atoms with Crippen LogP contribution in [0, 0.1) is 11.6 Å². The predicted molar refractivity (Wildman–Crippen MR) is 97.5 cm³/mol. The summed E-state index contributed by atoms with van der Waals surface area (Å²) in [6.07, 6.45) is 1.11. The van der Waals surface area contributed by atoms with Crippen LogP contribution in [0.5, 0.6) is 0 Å². The van der Waals surface area contributed by atoms with E-state index >= 15 is 0 Å². The molecule has 0 spiro atoms. The van der Waals surface area contributed by atoms with Crippen molar-refractivity contribution in [3.05, 3.63) is 47.1 Å². The Morgan fingerprint density at radius 3 is 2.77 bits per heavy atom. The van der Waals surface area contributed by atoms with E-state index in [9.17, 15) is 13.6 Å². The monoisotopic (exact) mass is 374 g/mol. The van der Waals surface area contributed by atoms with Gasteiger partial charge in [0.15, 0.2) is 0 Å². The van der Waals surface area contributed by atoms with E-state index in [1.807, 2.05) is 18.4 Å². The molecule has 134 valence electrons. The highest BCUT2D eigenvalue weighted by Gasteiger charge is 2.35. The van der Waals surface area contributed by atoms with E-state index in [0.717, 1.165) is 27.2 Å². The molecule has 4 rings (SSSR count). The zero-order valence-electron chi connectivity index (χ0n) is 14.0. The third-order valence-corrected chi connectivity index (χ3v) is 5.22. The molecule has 1 unspecified atom stereocenters. The van der Waals surface area contributed by atoms with Gasteiger partial charge in [-0.1, -0.05) is 13.0 Å². The molecule has 1 atom stereocenters. The van der Waals surface area contributed by atoms with Crippen LogP contribution >= 0.6 is 11.3 Å². The maximum atomic E-state index is 14.0. The topological polar surface area (TPSA) is 58.1 Å². The zero-order valence-corrected chi connectivity index (χ0v) is 14.8. The number of thiophene rings is 1. The van der Waals surface area contributed by atoms with Crippen LogP contribution < -0.4 is 10.2 Å². The standard InChI is InChI=1S/C18H16F2N4OS/c1-2-14-22-16(10-7-9-26-17(10)23-14)21-13-6-8-24(18(13)25)15-11(19)4-3-5-12(15)20/h3-5,7,9,13H,2,6,8H2,1H3,(H,21,22,23). The molecule has 0 radical (unpaired) electrons. The quantitative estimate of drug-likeness (QED) is 0.756. The largest absolute Gasteiger partial charge is 0.358 e. The van der Waals surface area contributed by atoms with Gasteiger partial charge in [-0.3, -0.25) is 4.79 Å². The number of carbonyl (C=O) groups is 1. The van der Waals surface area contributed by atoms with Gasteiger partial charge in [0.2, 0.25) is 5.91 Å². The molecule has 5 nitrogen and oxygen atoms in total. The molecule has 3 aromatic rings. The first-order chi connectivity index (χ1) is 12.6. The van der Waals surface area contributed by atoms with Crippen molar-refractivity contribution in [2.45, 2.75) is 25.8 Å². The molecular weight excluding hydrogens is 358 g/mol. The third kappa shape index (κ3) is 2.80. The average Bonchev–Trinajstić information content (AvgIpc) is 3.23. The fourth-order valence-electron chi connectivity index (χ4n) is 3.12. The van der Waals surface area contributed by atoms with Crippen molar-refractivity contribution in [3.63, 3.8) is 0 Å². The summed E-state index contributed by atoms with van der Waals surface area (Å²) in [5.74, 6) is -0.578. The van der Waals surface area contributed by atoms with Crippen LogP contribution in [0.15, 0.2) is 29.6 Å². The second-order valence-corrected chi connectivity index (χ2v) is 6.92. The number of anilines is 2. The molecule has 26 heavy (non-hydrogen) atoms. The van der Waals surface area contributed by atoms with Gasteiger partial charge in [0.25, 0.3) is 0 Å². The van der Waals surface area contributed by atoms with Gasteiger partial charge in [0.05, 0.1) is 5.39 Å². The SMILES string of the molecule is CCc1nc(NC2CCN(c3c(F)cccc3F)C2=O)c2ccsc2n1. The highest BCUT2D eigenvalue weighted by Crippen LogP contribution is 2.30. The van der Waals surface area contributed by atoms with Gasteiger partial charge in [0.1, 0.15) is 39.8 Å². The molecule has 0 bridgehead atoms. The molecule has 1 fully saturated rings. The molecule has 1 amide bonds. The van der Waals surface area contributed by atoms with E-state index < -0.39 is 17.7 Å². The number of halogens is 2. The maximum absolute atomic E-state index is 14.0. The minimum atomic E-state index is -0.741. The summed E-state index contributed by atoms with van der Waals surface area (Å²) in [4.78, 5) is 23.7. The van der Waals surface area contributed by atoms with Crippen LogP contribution in [-0.4, -0.2) is 28.5 Å². The lowest BCUT2D eigenvalue weighted by atomic mass is 10.2. The lowest BCUT2D eigenvalue weighted by Gasteiger charge is -2.19. The van der Waals surface area contributed by atoms with E-state index in [4.69, 9.17) is 0 Å². The number of nitrogens with one attached hydrogen (secondary N) is 1. The summed E-state index contributed by atoms with van der Waals surface area (Å²) in [6.45, 7) is 2.20. The Balaban J connectivity index is 1.63. The molecular formula is C18H16F2N4OS. The molecule has 1 aliphatic rings. The Labute approximate surface area is 152 Å². The molecule has 1 aromatic carbocycles. The van der Waals surface area contributed by atoms with E-state index in [-0.39, 0.29) is 18.1 Å². The lowest BCUT2D eigenvalue weighted by molar-refractivity contribution is -0.117. The van der Waals surface area contributed by atoms with Gasteiger partial charge < -0.3 is 10.2 Å². The van der Waals surface area contributed by atoms with Crippen LogP contribution in [0.2, 0.25) is 0 Å². The minimum absolute atomic E-state index is 0.243. The summed E-state index contributed by atoms with van der Waals surface area (Å²) in [5, 5.41) is 5.91. The van der Waals surface area contributed by atoms with Crippen molar-refractivity contribution >= 4 is 39.0 Å². The van der Waals surface area contributed by atoms with Crippen LogP contribution in [0.3, 0.4) is 0 Å². The van der Waals surface area contributed by atoms with Crippen LogP contribution in [0.4, 0.5) is 20.3 Å². The van der Waals surface area contributed by atoms with E-state index in [1.54, 1.807) is 0 Å². The predicted octanol–water partition coefficient (Wildman–Crippen LogP) is 3.75. The Kier molecular flexibility index (Phi) is 4.28. The first-order valence-corrected chi connectivity index (χ1v) is 9.22. The maximum Gasteiger partial charge on any atom is 0.249 e. The summed E-state index contributed by atoms with van der Waals surface area (Å²) in [6, 6.07) is 4.90. The molecule has 1 N–H and O–H groups in total. The fourth-order valence-corrected chi connectivity index (χ4v) is 3.90. The summed E-state index contributed by atoms with van der Waals surface area (Å²) >= 11 is 1.51. The molecule has 0 saturated carbocycles. The first-order valence-electron chi connectivity index (χ1n) is 8.34. The number of hydrogen-bond donors (Lipinski definition) is 1. The van der Waals surface area contributed by atoms with Crippen LogP contribution in [0.1, 0.15) is 19.2 Å². The second kappa shape index (κ2) is 6.60. The molecule has 3 heterocycles. The van der Waals surface area contributed by atoms with Gasteiger partial charge in [-0.2, -0.15) is 0 Å². The van der Waals surface area contributed by atoms with Crippen molar-refractivity contribution < 1.29 is 13.6 Å². The number of aromatic nitrogens is 2. The number of hydrogen-bond acceptors (Lipinski definition) is 5. The Morgan fingerprint density at radius 1 is 1.27 bits per heavy atom. The zero-order chi connectivity index (χ0) is 18.3. The smallest absolute Gasteiger partial charge is 0.249 e. The number of fused-ring (bicyclic) bond motifs is 1. The normalized spacial score (nSPS) is 17.3. The van der Waals surface area contributed by atoms with Crippen LogP contribution in [-0.2, 0) is 11.2 Å². The number of rotatable bonds is 4. The average molecular weight is 374 g/mol. The lowest BCUT2D eigenvalue weighted by Crippen LogP contribution is -2.34. The molecule has 2 aromatic heterocycles. The highest BCUT2D eigenvalue weighted by atomic mass is 32.1. The van der Waals surface area contributed by atoms with Gasteiger partial charge in [-0.05, 0) is 30.0 Å². The highest BCUT2D eigenvalue weighted by molar-refractivity contribution is 7.16. The van der Waals surface area contributed by atoms with Crippen molar-refractivity contribution in [3.8, 4) is 0 Å². The van der Waals surface area contributed by atoms with Gasteiger partial charge >= 0.3 is 0 Å². The fraction of sp³-hybridized carbons (Fsp3) is 0.278. The van der Waals surface area contributed by atoms with Crippen molar-refractivity contribution in [2.75, 3.05) is 16.8 Å². The molecule has 8 heteroatoms. The van der Waals surface area contributed by atoms with Gasteiger partial charge in [-0.25, -0.2) is 18.7 Å². The first kappa shape index (κ1) is 16.8. The van der Waals surface area contributed by atoms with Gasteiger partial charge in [0, 0.05) is 13.0 Å². The Morgan fingerprint density at radius 2 is 2.04 bits per heavy atom. The number of carbonyl (C=O) groups excluding carboxylic acids is 1. The molecule has 1 saturated heterocycles. The summed E-state index contributed by atoms with van der Waals surface area (Å²) in [7, 11) is 0. The molecule has 1 aliphatic heterocycles. The number of benzene rings is 1. The van der Waals surface area contributed by atoms with E-state index in [1.165, 1.54) is 17.4 Å². The van der Waals surface area contributed by atoms with Crippen molar-refractivity contribution in [1.82, 2.24) is 9.97 Å². The van der Waals surface area contributed by atoms with E-state index in [0.29, 0.717) is 24.5 Å². The third-order valence-electron chi connectivity index (χ3n) is 4.41. The minimum Gasteiger partial charge on any atom is -0.358 e. The summed E-state index contributed by atoms with van der Waals surface area (Å²) < 4.78 is 28.0.